The molecule has 174 valence electrons. The number of halogens is 2. The predicted octanol–water partition coefficient (Wildman–Crippen LogP) is 3.18. The van der Waals surface area contributed by atoms with E-state index in [1.165, 1.54) is 27.3 Å². The molecule has 0 unspecified atom stereocenters. The van der Waals surface area contributed by atoms with Crippen molar-refractivity contribution >= 4 is 17.1 Å². The number of para-hydroxylation sites is 1. The standard InChI is InChI=1S/C25H23F2N5O2/c26-19-7-5-18(6-8-19)21-17-23-25(34)31(15-16-32(23)28-21)10-9-24(33)30-13-11-29(12-14-30)22-4-2-1-3-20(22)27/h1-8,15-17H,9-14H2. The van der Waals surface area contributed by atoms with Crippen LogP contribution in [0, 0.1) is 11.6 Å². The number of hydrogen-bond acceptors (Lipinski definition) is 4. The summed E-state index contributed by atoms with van der Waals surface area (Å²) in [7, 11) is 0. The van der Waals surface area contributed by atoms with Gasteiger partial charge in [0.25, 0.3) is 5.56 Å². The first-order chi connectivity index (χ1) is 16.5. The average molecular weight is 463 g/mol. The minimum Gasteiger partial charge on any atom is -0.366 e. The van der Waals surface area contributed by atoms with Crippen molar-refractivity contribution in [2.75, 3.05) is 31.1 Å². The molecule has 0 radical (unpaired) electrons. The topological polar surface area (TPSA) is 62.9 Å². The molecule has 0 spiro atoms. The van der Waals surface area contributed by atoms with Crippen LogP contribution in [-0.2, 0) is 11.3 Å². The Balaban J connectivity index is 1.23. The van der Waals surface area contributed by atoms with Gasteiger partial charge in [0, 0.05) is 57.1 Å². The van der Waals surface area contributed by atoms with Crippen LogP contribution in [-0.4, -0.2) is 51.2 Å². The van der Waals surface area contributed by atoms with Crippen molar-refractivity contribution < 1.29 is 13.6 Å². The highest BCUT2D eigenvalue weighted by Gasteiger charge is 2.22. The number of nitrogens with zero attached hydrogens (tertiary/aromatic N) is 5. The monoisotopic (exact) mass is 463 g/mol. The number of rotatable bonds is 5. The lowest BCUT2D eigenvalue weighted by Gasteiger charge is -2.36. The Labute approximate surface area is 194 Å². The third-order valence-corrected chi connectivity index (χ3v) is 6.14. The summed E-state index contributed by atoms with van der Waals surface area (Å²) in [6.45, 7) is 2.37. The van der Waals surface area contributed by atoms with Crippen molar-refractivity contribution in [2.24, 2.45) is 0 Å². The molecule has 1 saturated heterocycles. The molecule has 34 heavy (non-hydrogen) atoms. The summed E-state index contributed by atoms with van der Waals surface area (Å²) >= 11 is 0. The van der Waals surface area contributed by atoms with Gasteiger partial charge in [-0.2, -0.15) is 5.10 Å². The molecule has 1 aliphatic rings. The molecule has 0 aliphatic carbocycles. The molecule has 2 aromatic heterocycles. The van der Waals surface area contributed by atoms with E-state index in [9.17, 15) is 18.4 Å². The summed E-state index contributed by atoms with van der Waals surface area (Å²) < 4.78 is 30.2. The van der Waals surface area contributed by atoms with Crippen molar-refractivity contribution in [3.63, 3.8) is 0 Å². The van der Waals surface area contributed by atoms with Crippen molar-refractivity contribution in [1.82, 2.24) is 19.1 Å². The summed E-state index contributed by atoms with van der Waals surface area (Å²) in [5, 5.41) is 4.40. The number of carbonyl (C=O) groups is 1. The molecule has 0 atom stereocenters. The highest BCUT2D eigenvalue weighted by molar-refractivity contribution is 5.76. The molecule has 3 heterocycles. The number of anilines is 1. The Morgan fingerprint density at radius 3 is 2.41 bits per heavy atom. The maximum absolute atomic E-state index is 14.0. The van der Waals surface area contributed by atoms with Gasteiger partial charge in [-0.3, -0.25) is 9.59 Å². The lowest BCUT2D eigenvalue weighted by atomic mass is 10.1. The molecule has 0 saturated carbocycles. The smallest absolute Gasteiger partial charge is 0.276 e. The zero-order valence-corrected chi connectivity index (χ0v) is 18.4. The van der Waals surface area contributed by atoms with Crippen LogP contribution >= 0.6 is 0 Å². The normalized spacial score (nSPS) is 14.1. The number of aryl methyl sites for hydroxylation is 1. The van der Waals surface area contributed by atoms with Crippen LogP contribution in [0.15, 0.2) is 71.8 Å². The SMILES string of the molecule is O=C(CCn1ccn2nc(-c3ccc(F)cc3)cc2c1=O)N1CCN(c2ccccc2F)CC1. The molecule has 1 aliphatic heterocycles. The number of piperazine rings is 1. The van der Waals surface area contributed by atoms with E-state index in [0.717, 1.165) is 0 Å². The first kappa shape index (κ1) is 21.8. The van der Waals surface area contributed by atoms with Crippen molar-refractivity contribution in [2.45, 2.75) is 13.0 Å². The van der Waals surface area contributed by atoms with Crippen LogP contribution in [0.5, 0.6) is 0 Å². The molecule has 4 aromatic rings. The first-order valence-corrected chi connectivity index (χ1v) is 11.1. The maximum atomic E-state index is 14.0. The van der Waals surface area contributed by atoms with Crippen molar-refractivity contribution in [3.05, 3.63) is 89.0 Å². The molecule has 9 heteroatoms. The lowest BCUT2D eigenvalue weighted by molar-refractivity contribution is -0.131. The van der Waals surface area contributed by atoms with E-state index in [2.05, 4.69) is 5.10 Å². The van der Waals surface area contributed by atoms with E-state index in [1.807, 2.05) is 4.90 Å². The quantitative estimate of drug-likeness (QED) is 0.456. The van der Waals surface area contributed by atoms with Gasteiger partial charge >= 0.3 is 0 Å². The number of amides is 1. The molecule has 1 fully saturated rings. The van der Waals surface area contributed by atoms with Crippen LogP contribution in [0.4, 0.5) is 14.5 Å². The summed E-state index contributed by atoms with van der Waals surface area (Å²) in [6.07, 6.45) is 3.47. The van der Waals surface area contributed by atoms with Crippen LogP contribution in [0.1, 0.15) is 6.42 Å². The van der Waals surface area contributed by atoms with Gasteiger partial charge in [0.2, 0.25) is 5.91 Å². The summed E-state index contributed by atoms with van der Waals surface area (Å²) in [5.41, 5.74) is 1.96. The Kier molecular flexibility index (Phi) is 5.83. The largest absolute Gasteiger partial charge is 0.366 e. The predicted molar refractivity (Wildman–Crippen MR) is 125 cm³/mol. The Morgan fingerprint density at radius 2 is 1.68 bits per heavy atom. The van der Waals surface area contributed by atoms with E-state index in [1.54, 1.807) is 53.7 Å². The number of fused-ring (bicyclic) bond motifs is 1. The van der Waals surface area contributed by atoms with Gasteiger partial charge in [-0.25, -0.2) is 13.3 Å². The van der Waals surface area contributed by atoms with Gasteiger partial charge < -0.3 is 14.4 Å². The van der Waals surface area contributed by atoms with E-state index in [0.29, 0.717) is 48.6 Å². The van der Waals surface area contributed by atoms with Gasteiger partial charge in [0.05, 0.1) is 11.4 Å². The Morgan fingerprint density at radius 1 is 0.941 bits per heavy atom. The van der Waals surface area contributed by atoms with Gasteiger partial charge in [-0.05, 0) is 42.5 Å². The second-order valence-electron chi connectivity index (χ2n) is 8.23. The Bertz CT molecular complexity index is 1390. The van der Waals surface area contributed by atoms with Gasteiger partial charge in [-0.15, -0.1) is 0 Å². The molecule has 5 rings (SSSR count). The maximum Gasteiger partial charge on any atom is 0.276 e. The van der Waals surface area contributed by atoms with E-state index in [4.69, 9.17) is 0 Å². The summed E-state index contributed by atoms with van der Waals surface area (Å²) in [4.78, 5) is 29.4. The third-order valence-electron chi connectivity index (χ3n) is 6.14. The Hall–Kier alpha value is -4.01. The summed E-state index contributed by atoms with van der Waals surface area (Å²) in [6, 6.07) is 14.2. The number of hydrogen-bond donors (Lipinski definition) is 0. The van der Waals surface area contributed by atoms with E-state index >= 15 is 0 Å². The third kappa shape index (κ3) is 4.28. The minimum absolute atomic E-state index is 0.0412. The molecular formula is C25H23F2N5O2. The van der Waals surface area contributed by atoms with Gasteiger partial charge in [-0.1, -0.05) is 12.1 Å². The first-order valence-electron chi connectivity index (χ1n) is 11.1. The van der Waals surface area contributed by atoms with E-state index in [-0.39, 0.29) is 36.1 Å². The number of aromatic nitrogens is 3. The zero-order valence-electron chi connectivity index (χ0n) is 18.4. The second-order valence-corrected chi connectivity index (χ2v) is 8.23. The minimum atomic E-state index is -0.340. The fraction of sp³-hybridized carbons (Fsp3) is 0.240. The zero-order chi connectivity index (χ0) is 23.7. The molecule has 2 aromatic carbocycles. The van der Waals surface area contributed by atoms with Crippen LogP contribution in [0.25, 0.3) is 16.8 Å². The van der Waals surface area contributed by atoms with Crippen LogP contribution in [0.2, 0.25) is 0 Å². The molecular weight excluding hydrogens is 440 g/mol. The van der Waals surface area contributed by atoms with Crippen LogP contribution < -0.4 is 10.5 Å². The number of benzene rings is 2. The number of carbonyl (C=O) groups excluding carboxylic acids is 1. The van der Waals surface area contributed by atoms with Crippen LogP contribution in [0.3, 0.4) is 0 Å². The van der Waals surface area contributed by atoms with Gasteiger partial charge in [0.1, 0.15) is 17.2 Å². The molecule has 1 amide bonds. The van der Waals surface area contributed by atoms with Crippen molar-refractivity contribution in [1.29, 1.82) is 0 Å². The van der Waals surface area contributed by atoms with Gasteiger partial charge in [0.15, 0.2) is 0 Å². The summed E-state index contributed by atoms with van der Waals surface area (Å²) in [5.74, 6) is -0.645. The highest BCUT2D eigenvalue weighted by atomic mass is 19.1. The molecule has 0 bridgehead atoms. The fourth-order valence-corrected chi connectivity index (χ4v) is 4.24. The molecule has 7 nitrogen and oxygen atoms in total. The molecule has 0 N–H and O–H groups in total. The average Bonchev–Trinajstić information content (AvgIpc) is 3.30. The van der Waals surface area contributed by atoms with Crippen molar-refractivity contribution in [3.8, 4) is 11.3 Å². The van der Waals surface area contributed by atoms with E-state index < -0.39 is 0 Å². The second kappa shape index (κ2) is 9.09. The fourth-order valence-electron chi connectivity index (χ4n) is 4.24. The lowest BCUT2D eigenvalue weighted by Crippen LogP contribution is -2.49. The highest BCUT2D eigenvalue weighted by Crippen LogP contribution is 2.21.